The van der Waals surface area contributed by atoms with Crippen LogP contribution in [0.15, 0.2) is 48.5 Å². The van der Waals surface area contributed by atoms with E-state index in [0.29, 0.717) is 0 Å². The lowest BCUT2D eigenvalue weighted by molar-refractivity contribution is 0.140. The zero-order chi connectivity index (χ0) is 24.6. The fraction of sp³-hybridized carbons (Fsp3) is 0.435. The van der Waals surface area contributed by atoms with Crippen LogP contribution < -0.4 is 5.32 Å². The molecule has 1 aliphatic carbocycles. The number of nitrogens with one attached hydrogen (secondary N) is 1. The summed E-state index contributed by atoms with van der Waals surface area (Å²) in [6, 6.07) is 16.2. The highest BCUT2D eigenvalue weighted by atomic mass is 31.2. The van der Waals surface area contributed by atoms with Crippen molar-refractivity contribution in [3.8, 4) is 11.1 Å². The smallest absolute Gasteiger partial charge is 0.407 e. The van der Waals surface area contributed by atoms with Crippen LogP contribution in [0.2, 0.25) is 0 Å². The monoisotopic (exact) mass is 499 g/mol. The first-order valence-corrected chi connectivity index (χ1v) is 13.2. The van der Waals surface area contributed by atoms with Gasteiger partial charge in [0.25, 0.3) is 0 Å². The summed E-state index contributed by atoms with van der Waals surface area (Å²) in [6.45, 7) is 8.59. The quantitative estimate of drug-likeness (QED) is 0.283. The number of fused-ring (bicyclic) bond motifs is 3. The van der Waals surface area contributed by atoms with Crippen LogP contribution in [-0.4, -0.2) is 42.7 Å². The van der Waals surface area contributed by atoms with Crippen molar-refractivity contribution in [3.63, 3.8) is 0 Å². The Hall–Kier alpha value is -1.63. The van der Waals surface area contributed by atoms with Gasteiger partial charge in [0.05, 0.1) is 6.61 Å². The molecule has 2 aromatic carbocycles. The van der Waals surface area contributed by atoms with Crippen molar-refractivity contribution in [1.82, 2.24) is 5.32 Å². The van der Waals surface area contributed by atoms with E-state index >= 15 is 0 Å². The molecule has 1 amide bonds. The minimum Gasteiger partial charge on any atom is -0.449 e. The van der Waals surface area contributed by atoms with Gasteiger partial charge in [0.2, 0.25) is 0 Å². The molecule has 2 aromatic rings. The average molecular weight is 499 g/mol. The van der Waals surface area contributed by atoms with Crippen LogP contribution in [0.1, 0.15) is 51.2 Å². The van der Waals surface area contributed by atoms with Crippen molar-refractivity contribution >= 4 is 23.3 Å². The molecule has 0 spiro atoms. The first-order chi connectivity index (χ1) is 16.0. The molecule has 0 fully saturated rings. The second-order valence-corrected chi connectivity index (χ2v) is 8.76. The van der Waals surface area contributed by atoms with Crippen LogP contribution in [0.4, 0.5) is 4.79 Å². The molecule has 0 aromatic heterocycles. The fourth-order valence-electron chi connectivity index (χ4n) is 3.04. The van der Waals surface area contributed by atoms with E-state index in [2.05, 4.69) is 52.3 Å². The number of carbonyl (C=O) groups excluding carboxylic acids is 1. The van der Waals surface area contributed by atoms with Gasteiger partial charge in [0.15, 0.2) is 0 Å². The molecule has 2 unspecified atom stereocenters. The zero-order valence-corrected chi connectivity index (χ0v) is 21.6. The predicted molar refractivity (Wildman–Crippen MR) is 133 cm³/mol. The van der Waals surface area contributed by atoms with E-state index in [1.165, 1.54) is 13.5 Å². The Kier molecular flexibility index (Phi) is 15.1. The molecule has 0 bridgehead atoms. The Morgan fingerprint density at radius 2 is 1.48 bits per heavy atom. The van der Waals surface area contributed by atoms with Gasteiger partial charge >= 0.3 is 23.3 Å². The maximum absolute atomic E-state index is 12.0. The summed E-state index contributed by atoms with van der Waals surface area (Å²) in [5.74, 6) is -0.00840. The molecule has 0 aliphatic heterocycles. The van der Waals surface area contributed by atoms with Gasteiger partial charge in [-0.1, -0.05) is 82.6 Å². The van der Waals surface area contributed by atoms with Crippen LogP contribution in [0, 0.1) is 0 Å². The summed E-state index contributed by atoms with van der Waals surface area (Å²) in [6.07, 6.45) is 0.676. The molecule has 8 nitrogen and oxygen atoms in total. The molecule has 10 heteroatoms. The van der Waals surface area contributed by atoms with Gasteiger partial charge in [0, 0.05) is 19.6 Å². The van der Waals surface area contributed by atoms with Crippen molar-refractivity contribution in [3.05, 3.63) is 59.7 Å². The Morgan fingerprint density at radius 3 is 2.00 bits per heavy atom. The lowest BCUT2D eigenvalue weighted by Crippen LogP contribution is -2.28. The third kappa shape index (κ3) is 9.63. The van der Waals surface area contributed by atoms with Gasteiger partial charge < -0.3 is 28.9 Å². The van der Waals surface area contributed by atoms with E-state index < -0.39 is 23.3 Å². The van der Waals surface area contributed by atoms with Crippen molar-refractivity contribution in [2.24, 2.45) is 0 Å². The topological polar surface area (TPSA) is 106 Å². The molecule has 3 rings (SSSR count). The Labute approximate surface area is 199 Å². The number of rotatable bonds is 9. The number of hydrogen-bond donors (Lipinski definition) is 3. The highest BCUT2D eigenvalue weighted by Gasteiger charge is 2.28. The lowest BCUT2D eigenvalue weighted by Gasteiger charge is -2.15. The number of alkyl carbamates (subject to hydrolysis) is 1. The van der Waals surface area contributed by atoms with Crippen molar-refractivity contribution in [2.75, 3.05) is 26.9 Å². The molecule has 3 N–H and O–H groups in total. The Balaban J connectivity index is 0.00000101. The fourth-order valence-corrected chi connectivity index (χ4v) is 4.22. The van der Waals surface area contributed by atoms with E-state index in [-0.39, 0.29) is 25.7 Å². The number of carbonyl (C=O) groups is 1. The van der Waals surface area contributed by atoms with Crippen molar-refractivity contribution in [2.45, 2.75) is 40.0 Å². The summed E-state index contributed by atoms with van der Waals surface area (Å²) >= 11 is 0. The molecule has 0 radical (unpaired) electrons. The summed E-state index contributed by atoms with van der Waals surface area (Å²) < 4.78 is 19.4. The average Bonchev–Trinajstić information content (AvgIpc) is 3.16. The molecule has 1 aliphatic rings. The second kappa shape index (κ2) is 16.9. The van der Waals surface area contributed by atoms with E-state index in [1.807, 2.05) is 38.1 Å². The standard InChI is InChI=1S/C18H21NO7P2.C3H8.C2H6/c1-23-27(21)26-28(22)25-11-10-19-18(20)24-12-17-15-8-4-2-6-13(15)14-7-3-5-9-16(14)17;1-3-2;1-2/h2-9,17,21-22H,10-12H2,1H3,(H,19,20);3H2,1-2H3;1-2H3. The van der Waals surface area contributed by atoms with Gasteiger partial charge in [0.1, 0.15) is 6.61 Å². The molecule has 0 heterocycles. The molecule has 0 saturated carbocycles. The Bertz CT molecular complexity index is 779. The van der Waals surface area contributed by atoms with Gasteiger partial charge in [-0.05, 0) is 22.3 Å². The van der Waals surface area contributed by atoms with Crippen LogP contribution in [-0.2, 0) is 18.1 Å². The van der Waals surface area contributed by atoms with Gasteiger partial charge in [-0.3, -0.25) is 0 Å². The van der Waals surface area contributed by atoms with Crippen LogP contribution in [0.25, 0.3) is 11.1 Å². The zero-order valence-electron chi connectivity index (χ0n) is 19.9. The van der Waals surface area contributed by atoms with Crippen LogP contribution >= 0.6 is 17.2 Å². The predicted octanol–water partition coefficient (Wildman–Crippen LogP) is 6.09. The van der Waals surface area contributed by atoms with E-state index in [0.717, 1.165) is 22.3 Å². The van der Waals surface area contributed by atoms with Crippen LogP contribution in [0.3, 0.4) is 0 Å². The summed E-state index contributed by atoms with van der Waals surface area (Å²) in [7, 11) is -3.19. The minimum absolute atomic E-state index is 0.000708. The summed E-state index contributed by atoms with van der Waals surface area (Å²) in [4.78, 5) is 30.5. The second-order valence-electron chi connectivity index (χ2n) is 6.53. The molecular weight excluding hydrogens is 464 g/mol. The SMILES string of the molecule is CC.CCC.COP(O)OP(O)OCCNC(=O)OCC1c2ccccc2-c2ccccc21. The first-order valence-electron chi connectivity index (χ1n) is 10.9. The van der Waals surface area contributed by atoms with Gasteiger partial charge in [-0.15, -0.1) is 0 Å². The first kappa shape index (κ1) is 29.4. The third-order valence-corrected chi connectivity index (χ3v) is 6.05. The maximum atomic E-state index is 12.0. The largest absolute Gasteiger partial charge is 0.449 e. The van der Waals surface area contributed by atoms with E-state index in [4.69, 9.17) is 14.2 Å². The number of ether oxygens (including phenoxy) is 1. The van der Waals surface area contributed by atoms with Crippen LogP contribution in [0.5, 0.6) is 0 Å². The molecule has 0 saturated heterocycles. The van der Waals surface area contributed by atoms with E-state index in [1.54, 1.807) is 0 Å². The minimum atomic E-state index is -2.27. The van der Waals surface area contributed by atoms with Gasteiger partial charge in [-0.25, -0.2) is 9.11 Å². The normalized spacial score (nSPS) is 13.3. The maximum Gasteiger partial charge on any atom is 0.407 e. The molecule has 184 valence electrons. The number of amides is 1. The van der Waals surface area contributed by atoms with E-state index in [9.17, 15) is 9.69 Å². The van der Waals surface area contributed by atoms with Gasteiger partial charge in [-0.2, -0.15) is 0 Å². The van der Waals surface area contributed by atoms with Crippen molar-refractivity contribution in [1.29, 1.82) is 0 Å². The highest BCUT2D eigenvalue weighted by molar-refractivity contribution is 7.54. The lowest BCUT2D eigenvalue weighted by atomic mass is 9.98. The third-order valence-electron chi connectivity index (χ3n) is 4.21. The summed E-state index contributed by atoms with van der Waals surface area (Å²) in [5.41, 5.74) is 4.61. The molecule has 33 heavy (non-hydrogen) atoms. The highest BCUT2D eigenvalue weighted by Crippen LogP contribution is 2.48. The number of hydrogen-bond acceptors (Lipinski definition) is 7. The number of benzene rings is 2. The molecule has 2 atom stereocenters. The van der Waals surface area contributed by atoms with Crippen molar-refractivity contribution < 1.29 is 32.7 Å². The Morgan fingerprint density at radius 1 is 0.970 bits per heavy atom. The molecular formula is C23H35NO7P2. The summed E-state index contributed by atoms with van der Waals surface area (Å²) in [5, 5.41) is 2.55.